The number of nitrogens with one attached hydrogen (secondary N) is 1. The molecule has 1 aromatic heterocycles. The molecular formula is C14H14BrNO2S. The van der Waals surface area contributed by atoms with Crippen molar-refractivity contribution >= 4 is 33.2 Å². The topological polar surface area (TPSA) is 38.3 Å². The summed E-state index contributed by atoms with van der Waals surface area (Å²) in [6.07, 6.45) is 0. The van der Waals surface area contributed by atoms with Gasteiger partial charge in [0.15, 0.2) is 6.61 Å². The number of aryl methyl sites for hydroxylation is 1. The van der Waals surface area contributed by atoms with E-state index >= 15 is 0 Å². The van der Waals surface area contributed by atoms with E-state index in [9.17, 15) is 4.79 Å². The van der Waals surface area contributed by atoms with Crippen molar-refractivity contribution in [1.82, 2.24) is 5.32 Å². The summed E-state index contributed by atoms with van der Waals surface area (Å²) in [6.45, 7) is 2.57. The van der Waals surface area contributed by atoms with Gasteiger partial charge in [-0.25, -0.2) is 0 Å². The fourth-order valence-corrected chi connectivity index (χ4v) is 2.77. The summed E-state index contributed by atoms with van der Waals surface area (Å²) >= 11 is 5.03. The minimum atomic E-state index is -0.124. The van der Waals surface area contributed by atoms with Crippen molar-refractivity contribution in [2.45, 2.75) is 13.5 Å². The van der Waals surface area contributed by atoms with Crippen LogP contribution in [0.3, 0.4) is 0 Å². The average Bonchev–Trinajstić information content (AvgIpc) is 2.88. The smallest absolute Gasteiger partial charge is 0.258 e. The maximum atomic E-state index is 11.6. The Bertz CT molecular complexity index is 555. The van der Waals surface area contributed by atoms with E-state index in [0.717, 1.165) is 14.9 Å². The Hall–Kier alpha value is -1.33. The second-order valence-electron chi connectivity index (χ2n) is 4.08. The minimum absolute atomic E-state index is 0.0209. The van der Waals surface area contributed by atoms with E-state index in [0.29, 0.717) is 12.3 Å². The van der Waals surface area contributed by atoms with Crippen LogP contribution in [0.4, 0.5) is 0 Å². The molecule has 3 nitrogen and oxygen atoms in total. The summed E-state index contributed by atoms with van der Waals surface area (Å²) < 4.78 is 6.33. The summed E-state index contributed by atoms with van der Waals surface area (Å²) in [5.74, 6) is 0.553. The number of rotatable bonds is 5. The summed E-state index contributed by atoms with van der Waals surface area (Å²) in [5, 5.41) is 4.80. The molecule has 5 heteroatoms. The lowest BCUT2D eigenvalue weighted by atomic mass is 10.2. The Morgan fingerprint density at radius 3 is 2.95 bits per heavy atom. The van der Waals surface area contributed by atoms with Crippen molar-refractivity contribution in [2.24, 2.45) is 0 Å². The van der Waals surface area contributed by atoms with Gasteiger partial charge in [-0.3, -0.25) is 4.79 Å². The van der Waals surface area contributed by atoms with Crippen LogP contribution in [0.5, 0.6) is 5.75 Å². The number of carbonyl (C=O) groups is 1. The number of amides is 1. The predicted octanol–water partition coefficient (Wildman–Crippen LogP) is 3.51. The zero-order valence-electron chi connectivity index (χ0n) is 10.5. The van der Waals surface area contributed by atoms with Gasteiger partial charge in [-0.2, -0.15) is 0 Å². The monoisotopic (exact) mass is 339 g/mol. The van der Waals surface area contributed by atoms with E-state index in [1.807, 2.05) is 42.6 Å². The summed E-state index contributed by atoms with van der Waals surface area (Å²) in [6, 6.07) is 9.71. The molecular weight excluding hydrogens is 326 g/mol. The third-order valence-corrected chi connectivity index (χ3v) is 3.98. The van der Waals surface area contributed by atoms with Crippen LogP contribution in [0.25, 0.3) is 0 Å². The zero-order chi connectivity index (χ0) is 13.7. The number of hydrogen-bond acceptors (Lipinski definition) is 3. The lowest BCUT2D eigenvalue weighted by Crippen LogP contribution is -2.28. The van der Waals surface area contributed by atoms with Crippen LogP contribution in [0.1, 0.15) is 10.4 Å². The maximum Gasteiger partial charge on any atom is 0.258 e. The first kappa shape index (κ1) is 14.1. The molecule has 1 heterocycles. The third kappa shape index (κ3) is 4.36. The Kier molecular flexibility index (Phi) is 4.99. The molecule has 100 valence electrons. The van der Waals surface area contributed by atoms with Crippen LogP contribution in [-0.4, -0.2) is 12.5 Å². The highest BCUT2D eigenvalue weighted by Gasteiger charge is 2.06. The van der Waals surface area contributed by atoms with Gasteiger partial charge in [0.2, 0.25) is 0 Å². The molecule has 2 rings (SSSR count). The quantitative estimate of drug-likeness (QED) is 0.905. The Morgan fingerprint density at radius 2 is 2.26 bits per heavy atom. The van der Waals surface area contributed by atoms with Crippen LogP contribution < -0.4 is 10.1 Å². The molecule has 0 saturated heterocycles. The van der Waals surface area contributed by atoms with Gasteiger partial charge in [0, 0.05) is 4.88 Å². The minimum Gasteiger partial charge on any atom is -0.483 e. The lowest BCUT2D eigenvalue weighted by molar-refractivity contribution is -0.123. The molecule has 0 spiro atoms. The van der Waals surface area contributed by atoms with Gasteiger partial charge in [-0.1, -0.05) is 12.1 Å². The van der Waals surface area contributed by atoms with E-state index in [-0.39, 0.29) is 12.5 Å². The van der Waals surface area contributed by atoms with Crippen LogP contribution in [-0.2, 0) is 11.3 Å². The number of hydrogen-bond donors (Lipinski definition) is 1. The highest BCUT2D eigenvalue weighted by Crippen LogP contribution is 2.25. The Balaban J connectivity index is 1.80. The molecule has 0 aliphatic heterocycles. The van der Waals surface area contributed by atoms with Crippen LogP contribution in [0.2, 0.25) is 0 Å². The third-order valence-electron chi connectivity index (χ3n) is 2.49. The van der Waals surface area contributed by atoms with Crippen molar-refractivity contribution < 1.29 is 9.53 Å². The molecule has 0 atom stereocenters. The molecule has 0 unspecified atom stereocenters. The van der Waals surface area contributed by atoms with Gasteiger partial charge >= 0.3 is 0 Å². The van der Waals surface area contributed by atoms with Gasteiger partial charge in [-0.15, -0.1) is 11.3 Å². The Morgan fingerprint density at radius 1 is 1.42 bits per heavy atom. The molecule has 0 aliphatic rings. The molecule has 2 aromatic rings. The fourth-order valence-electron chi connectivity index (χ4n) is 1.52. The van der Waals surface area contributed by atoms with E-state index in [4.69, 9.17) is 4.74 Å². The van der Waals surface area contributed by atoms with E-state index in [2.05, 4.69) is 21.2 Å². The summed E-state index contributed by atoms with van der Waals surface area (Å²) in [5.41, 5.74) is 1.14. The van der Waals surface area contributed by atoms with Crippen LogP contribution >= 0.6 is 27.3 Å². The van der Waals surface area contributed by atoms with E-state index in [1.54, 1.807) is 11.3 Å². The van der Waals surface area contributed by atoms with Crippen molar-refractivity contribution in [2.75, 3.05) is 6.61 Å². The normalized spacial score (nSPS) is 10.2. The van der Waals surface area contributed by atoms with Crippen LogP contribution in [0.15, 0.2) is 40.2 Å². The molecule has 0 fully saturated rings. The summed E-state index contributed by atoms with van der Waals surface area (Å²) in [4.78, 5) is 12.8. The summed E-state index contributed by atoms with van der Waals surface area (Å²) in [7, 11) is 0. The SMILES string of the molecule is Cc1ccc(OCC(=O)NCc2cccs2)c(Br)c1. The molecule has 0 bridgehead atoms. The average molecular weight is 340 g/mol. The van der Waals surface area contributed by atoms with Crippen molar-refractivity contribution in [3.8, 4) is 5.75 Å². The zero-order valence-corrected chi connectivity index (χ0v) is 12.9. The largest absolute Gasteiger partial charge is 0.483 e. The lowest BCUT2D eigenvalue weighted by Gasteiger charge is -2.09. The first-order chi connectivity index (χ1) is 9.15. The molecule has 0 saturated carbocycles. The van der Waals surface area contributed by atoms with Crippen molar-refractivity contribution in [1.29, 1.82) is 0 Å². The van der Waals surface area contributed by atoms with Gasteiger partial charge in [0.1, 0.15) is 5.75 Å². The number of benzene rings is 1. The number of halogens is 1. The van der Waals surface area contributed by atoms with Gasteiger partial charge in [-0.05, 0) is 52.0 Å². The maximum absolute atomic E-state index is 11.6. The highest BCUT2D eigenvalue weighted by atomic mass is 79.9. The van der Waals surface area contributed by atoms with Gasteiger partial charge < -0.3 is 10.1 Å². The Labute approximate surface area is 124 Å². The van der Waals surface area contributed by atoms with Crippen molar-refractivity contribution in [3.05, 3.63) is 50.6 Å². The fraction of sp³-hybridized carbons (Fsp3) is 0.214. The van der Waals surface area contributed by atoms with Gasteiger partial charge in [0.25, 0.3) is 5.91 Å². The van der Waals surface area contributed by atoms with E-state index < -0.39 is 0 Å². The number of ether oxygens (including phenoxy) is 1. The molecule has 0 radical (unpaired) electrons. The molecule has 0 aliphatic carbocycles. The first-order valence-electron chi connectivity index (χ1n) is 5.83. The second kappa shape index (κ2) is 6.73. The predicted molar refractivity (Wildman–Crippen MR) is 80.5 cm³/mol. The van der Waals surface area contributed by atoms with Gasteiger partial charge in [0.05, 0.1) is 11.0 Å². The number of carbonyl (C=O) groups excluding carboxylic acids is 1. The standard InChI is InChI=1S/C14H14BrNO2S/c1-10-4-5-13(12(15)7-10)18-9-14(17)16-8-11-3-2-6-19-11/h2-7H,8-9H2,1H3,(H,16,17). The molecule has 1 amide bonds. The van der Waals surface area contributed by atoms with Crippen molar-refractivity contribution in [3.63, 3.8) is 0 Å². The molecule has 1 aromatic carbocycles. The second-order valence-corrected chi connectivity index (χ2v) is 5.97. The highest BCUT2D eigenvalue weighted by molar-refractivity contribution is 9.10. The molecule has 1 N–H and O–H groups in total. The first-order valence-corrected chi connectivity index (χ1v) is 7.50. The van der Waals surface area contributed by atoms with Crippen LogP contribution in [0, 0.1) is 6.92 Å². The number of thiophene rings is 1. The van der Waals surface area contributed by atoms with E-state index in [1.165, 1.54) is 0 Å². The molecule has 19 heavy (non-hydrogen) atoms.